The number of nitrogens with zero attached hydrogens (tertiary/aromatic N) is 1. The Kier molecular flexibility index (Phi) is 9.71. The largest absolute Gasteiger partial charge is 0.497 e. The summed E-state index contributed by atoms with van der Waals surface area (Å²) < 4.78 is 10.9. The Labute approximate surface area is 179 Å². The lowest BCUT2D eigenvalue weighted by Crippen LogP contribution is -2.47. The Hall–Kier alpha value is -3.02. The lowest BCUT2D eigenvalue weighted by molar-refractivity contribution is -0.140. The molecule has 2 aromatic rings. The fourth-order valence-electron chi connectivity index (χ4n) is 2.98. The summed E-state index contributed by atoms with van der Waals surface area (Å²) in [6, 6.07) is 16.5. The zero-order valence-corrected chi connectivity index (χ0v) is 18.1. The van der Waals surface area contributed by atoms with Crippen molar-refractivity contribution < 1.29 is 19.1 Å². The van der Waals surface area contributed by atoms with Crippen LogP contribution in [0.1, 0.15) is 38.7 Å². The Morgan fingerprint density at radius 1 is 1.03 bits per heavy atom. The summed E-state index contributed by atoms with van der Waals surface area (Å²) in [5, 5.41) is 2.88. The number of amides is 2. The van der Waals surface area contributed by atoms with Gasteiger partial charge < -0.3 is 19.7 Å². The average molecular weight is 413 g/mol. The van der Waals surface area contributed by atoms with E-state index >= 15 is 0 Å². The van der Waals surface area contributed by atoms with Gasteiger partial charge >= 0.3 is 0 Å². The number of hydrogen-bond acceptors (Lipinski definition) is 4. The molecular formula is C24H32N2O4. The van der Waals surface area contributed by atoms with E-state index in [-0.39, 0.29) is 11.8 Å². The van der Waals surface area contributed by atoms with E-state index in [2.05, 4.69) is 5.32 Å². The lowest BCUT2D eigenvalue weighted by Gasteiger charge is -2.29. The smallest absolute Gasteiger partial charge is 0.242 e. The summed E-state index contributed by atoms with van der Waals surface area (Å²) in [6.45, 7) is 5.18. The third-order valence-corrected chi connectivity index (χ3v) is 4.78. The van der Waals surface area contributed by atoms with E-state index < -0.39 is 6.04 Å². The van der Waals surface area contributed by atoms with Crippen LogP contribution < -0.4 is 14.8 Å². The molecule has 0 aromatic heterocycles. The van der Waals surface area contributed by atoms with E-state index in [1.807, 2.05) is 61.5 Å². The molecule has 0 aliphatic rings. The van der Waals surface area contributed by atoms with Gasteiger partial charge in [-0.3, -0.25) is 9.59 Å². The summed E-state index contributed by atoms with van der Waals surface area (Å²) in [4.78, 5) is 27.1. The van der Waals surface area contributed by atoms with E-state index in [1.165, 1.54) is 0 Å². The highest BCUT2D eigenvalue weighted by Gasteiger charge is 2.25. The molecule has 0 bridgehead atoms. The van der Waals surface area contributed by atoms with Crippen molar-refractivity contribution >= 4 is 11.8 Å². The molecule has 2 amide bonds. The SMILES string of the molecule is CCCNC(=O)[C@@H](C)N(Cc1ccc(OC)cc1)C(=O)CCCOc1ccccc1. The van der Waals surface area contributed by atoms with Gasteiger partial charge in [0.15, 0.2) is 0 Å². The molecular weight excluding hydrogens is 380 g/mol. The number of para-hydroxylation sites is 1. The van der Waals surface area contributed by atoms with Crippen LogP contribution in [-0.2, 0) is 16.1 Å². The molecule has 2 rings (SSSR count). The maximum atomic E-state index is 13.0. The standard InChI is InChI=1S/C24H32N2O4/c1-4-16-25-24(28)19(2)26(18-20-12-14-21(29-3)15-13-20)23(27)11-8-17-30-22-9-6-5-7-10-22/h5-7,9-10,12-15,19H,4,8,11,16-18H2,1-3H3,(H,25,28)/t19-/m1/s1. The fraction of sp³-hybridized carbons (Fsp3) is 0.417. The van der Waals surface area contributed by atoms with E-state index in [1.54, 1.807) is 18.9 Å². The van der Waals surface area contributed by atoms with Crippen LogP contribution in [0.15, 0.2) is 54.6 Å². The van der Waals surface area contributed by atoms with Gasteiger partial charge in [-0.25, -0.2) is 0 Å². The second-order valence-electron chi connectivity index (χ2n) is 7.10. The predicted molar refractivity (Wildman–Crippen MR) is 117 cm³/mol. The summed E-state index contributed by atoms with van der Waals surface area (Å²) in [5.74, 6) is 1.33. The maximum Gasteiger partial charge on any atom is 0.242 e. The van der Waals surface area contributed by atoms with Crippen LogP contribution in [0.4, 0.5) is 0 Å². The number of rotatable bonds is 12. The predicted octanol–water partition coefficient (Wildman–Crippen LogP) is 3.80. The molecule has 0 aliphatic carbocycles. The number of benzene rings is 2. The molecule has 0 heterocycles. The first-order chi connectivity index (χ1) is 14.5. The normalized spacial score (nSPS) is 11.4. The quantitative estimate of drug-likeness (QED) is 0.539. The second-order valence-corrected chi connectivity index (χ2v) is 7.10. The van der Waals surface area contributed by atoms with Crippen LogP contribution in [-0.4, -0.2) is 43.0 Å². The topological polar surface area (TPSA) is 67.9 Å². The highest BCUT2D eigenvalue weighted by molar-refractivity contribution is 5.87. The van der Waals surface area contributed by atoms with Gasteiger partial charge in [-0.2, -0.15) is 0 Å². The molecule has 0 saturated heterocycles. The molecule has 0 saturated carbocycles. The van der Waals surface area contributed by atoms with Crippen LogP contribution in [0.3, 0.4) is 0 Å². The molecule has 1 atom stereocenters. The van der Waals surface area contributed by atoms with E-state index in [9.17, 15) is 9.59 Å². The molecule has 6 heteroatoms. The molecule has 0 radical (unpaired) electrons. The van der Waals surface area contributed by atoms with Crippen molar-refractivity contribution in [3.05, 3.63) is 60.2 Å². The molecule has 0 fully saturated rings. The Morgan fingerprint density at radius 2 is 1.73 bits per heavy atom. The molecule has 2 aromatic carbocycles. The highest BCUT2D eigenvalue weighted by atomic mass is 16.5. The zero-order valence-electron chi connectivity index (χ0n) is 18.1. The van der Waals surface area contributed by atoms with Gasteiger partial charge in [0, 0.05) is 19.5 Å². The summed E-state index contributed by atoms with van der Waals surface area (Å²) in [5.41, 5.74) is 0.944. The van der Waals surface area contributed by atoms with Crippen LogP contribution in [0, 0.1) is 0 Å². The Morgan fingerprint density at radius 3 is 2.37 bits per heavy atom. The van der Waals surface area contributed by atoms with Gasteiger partial charge in [0.1, 0.15) is 17.5 Å². The third kappa shape index (κ3) is 7.43. The number of methoxy groups -OCH3 is 1. The monoisotopic (exact) mass is 412 g/mol. The molecule has 1 N–H and O–H groups in total. The third-order valence-electron chi connectivity index (χ3n) is 4.78. The Balaban J connectivity index is 1.98. The zero-order chi connectivity index (χ0) is 21.8. The van der Waals surface area contributed by atoms with Crippen LogP contribution in [0.5, 0.6) is 11.5 Å². The summed E-state index contributed by atoms with van der Waals surface area (Å²) in [6.07, 6.45) is 1.74. The minimum absolute atomic E-state index is 0.0679. The van der Waals surface area contributed by atoms with Gasteiger partial charge in [0.2, 0.25) is 11.8 Å². The maximum absolute atomic E-state index is 13.0. The van der Waals surface area contributed by atoms with Gasteiger partial charge in [-0.15, -0.1) is 0 Å². The van der Waals surface area contributed by atoms with Gasteiger partial charge in [0.05, 0.1) is 13.7 Å². The van der Waals surface area contributed by atoms with Crippen LogP contribution >= 0.6 is 0 Å². The van der Waals surface area contributed by atoms with E-state index in [0.29, 0.717) is 32.5 Å². The van der Waals surface area contributed by atoms with Crippen molar-refractivity contribution in [3.63, 3.8) is 0 Å². The highest BCUT2D eigenvalue weighted by Crippen LogP contribution is 2.16. The number of hydrogen-bond donors (Lipinski definition) is 1. The van der Waals surface area contributed by atoms with Crippen molar-refractivity contribution in [1.29, 1.82) is 0 Å². The Bertz CT molecular complexity index is 778. The van der Waals surface area contributed by atoms with E-state index in [0.717, 1.165) is 23.5 Å². The van der Waals surface area contributed by atoms with E-state index in [4.69, 9.17) is 9.47 Å². The van der Waals surface area contributed by atoms with Crippen LogP contribution in [0.2, 0.25) is 0 Å². The first-order valence-electron chi connectivity index (χ1n) is 10.4. The van der Waals surface area contributed by atoms with Crippen LogP contribution in [0.25, 0.3) is 0 Å². The van der Waals surface area contributed by atoms with Crippen molar-refractivity contribution in [2.45, 2.75) is 45.7 Å². The number of carbonyl (C=O) groups excluding carboxylic acids is 2. The first-order valence-corrected chi connectivity index (χ1v) is 10.4. The second kappa shape index (κ2) is 12.5. The molecule has 0 spiro atoms. The van der Waals surface area contributed by atoms with Crippen molar-refractivity contribution in [2.24, 2.45) is 0 Å². The minimum atomic E-state index is -0.554. The van der Waals surface area contributed by atoms with Crippen molar-refractivity contribution in [1.82, 2.24) is 10.2 Å². The van der Waals surface area contributed by atoms with Crippen molar-refractivity contribution in [3.8, 4) is 11.5 Å². The fourth-order valence-corrected chi connectivity index (χ4v) is 2.98. The molecule has 0 unspecified atom stereocenters. The number of ether oxygens (including phenoxy) is 2. The minimum Gasteiger partial charge on any atom is -0.497 e. The lowest BCUT2D eigenvalue weighted by atomic mass is 10.1. The van der Waals surface area contributed by atoms with Crippen molar-refractivity contribution in [2.75, 3.05) is 20.3 Å². The molecule has 0 aliphatic heterocycles. The molecule has 6 nitrogen and oxygen atoms in total. The molecule has 162 valence electrons. The summed E-state index contributed by atoms with van der Waals surface area (Å²) >= 11 is 0. The molecule has 30 heavy (non-hydrogen) atoms. The van der Waals surface area contributed by atoms with Gasteiger partial charge in [0.25, 0.3) is 0 Å². The first kappa shape index (κ1) is 23.3. The van der Waals surface area contributed by atoms with Gasteiger partial charge in [-0.1, -0.05) is 37.3 Å². The summed E-state index contributed by atoms with van der Waals surface area (Å²) in [7, 11) is 1.61. The number of nitrogens with one attached hydrogen (secondary N) is 1. The van der Waals surface area contributed by atoms with Gasteiger partial charge in [-0.05, 0) is 49.6 Å². The number of carbonyl (C=O) groups is 2. The average Bonchev–Trinajstić information content (AvgIpc) is 2.79.